The van der Waals surface area contributed by atoms with Gasteiger partial charge in [0.1, 0.15) is 0 Å². The van der Waals surface area contributed by atoms with Crippen molar-refractivity contribution in [3.05, 3.63) is 65.6 Å². The van der Waals surface area contributed by atoms with Crippen molar-refractivity contribution in [1.82, 2.24) is 15.3 Å². The highest BCUT2D eigenvalue weighted by Crippen LogP contribution is 2.34. The van der Waals surface area contributed by atoms with E-state index in [2.05, 4.69) is 58.6 Å². The summed E-state index contributed by atoms with van der Waals surface area (Å²) in [5.74, 6) is 0. The average molecular weight is 300 g/mol. The molecule has 108 valence electrons. The van der Waals surface area contributed by atoms with Crippen molar-refractivity contribution in [1.29, 1.82) is 0 Å². The third-order valence-electron chi connectivity index (χ3n) is 4.14. The van der Waals surface area contributed by atoms with E-state index in [-0.39, 0.29) is 18.4 Å². The van der Waals surface area contributed by atoms with Crippen LogP contribution < -0.4 is 5.32 Å². The minimum atomic E-state index is 0. The lowest BCUT2D eigenvalue weighted by molar-refractivity contribution is 0.460. The van der Waals surface area contributed by atoms with Crippen LogP contribution in [0.25, 0.3) is 10.9 Å². The van der Waals surface area contributed by atoms with Crippen molar-refractivity contribution >= 4 is 23.3 Å². The minimum absolute atomic E-state index is 0. The van der Waals surface area contributed by atoms with Crippen LogP contribution in [-0.4, -0.2) is 16.0 Å². The fourth-order valence-electron chi connectivity index (χ4n) is 3.24. The Morgan fingerprint density at radius 2 is 1.86 bits per heavy atom. The zero-order chi connectivity index (χ0) is 13.5. The fraction of sp³-hybridized carbons (Fsp3) is 0.235. The quantitative estimate of drug-likeness (QED) is 0.721. The molecule has 3 aromatic rings. The normalized spacial score (nSPS) is 20.8. The second kappa shape index (κ2) is 5.51. The van der Waals surface area contributed by atoms with E-state index in [9.17, 15) is 0 Å². The molecular formula is C17H18ClN3. The number of H-pyrrole nitrogens is 1. The number of fused-ring (bicyclic) bond motifs is 3. The Bertz CT molecular complexity index is 751. The molecule has 21 heavy (non-hydrogen) atoms. The van der Waals surface area contributed by atoms with Gasteiger partial charge in [-0.3, -0.25) is 4.98 Å². The maximum Gasteiger partial charge on any atom is 0.0735 e. The molecule has 2 aromatic heterocycles. The van der Waals surface area contributed by atoms with Crippen molar-refractivity contribution < 1.29 is 0 Å². The summed E-state index contributed by atoms with van der Waals surface area (Å²) in [6.07, 6.45) is 4.79. The summed E-state index contributed by atoms with van der Waals surface area (Å²) in [5, 5.41) is 5.05. The van der Waals surface area contributed by atoms with Gasteiger partial charge < -0.3 is 10.3 Å². The minimum Gasteiger partial charge on any atom is -0.357 e. The predicted molar refractivity (Wildman–Crippen MR) is 87.9 cm³/mol. The monoisotopic (exact) mass is 299 g/mol. The first kappa shape index (κ1) is 14.1. The molecule has 1 aliphatic heterocycles. The summed E-state index contributed by atoms with van der Waals surface area (Å²) in [5.41, 5.74) is 5.25. The van der Waals surface area contributed by atoms with Gasteiger partial charge in [-0.15, -0.1) is 12.4 Å². The van der Waals surface area contributed by atoms with Gasteiger partial charge in [0, 0.05) is 35.0 Å². The van der Waals surface area contributed by atoms with Crippen LogP contribution in [0.5, 0.6) is 0 Å². The van der Waals surface area contributed by atoms with Crippen LogP contribution >= 0.6 is 12.4 Å². The molecule has 0 saturated carbocycles. The first-order valence-electron chi connectivity index (χ1n) is 7.08. The summed E-state index contributed by atoms with van der Waals surface area (Å²) in [6, 6.07) is 13.4. The van der Waals surface area contributed by atoms with Crippen LogP contribution in [-0.2, 0) is 6.42 Å². The number of para-hydroxylation sites is 1. The third kappa shape index (κ3) is 2.33. The molecule has 1 aliphatic rings. The van der Waals surface area contributed by atoms with Crippen LogP contribution in [0.3, 0.4) is 0 Å². The van der Waals surface area contributed by atoms with E-state index in [1.165, 1.54) is 27.7 Å². The number of nitrogens with zero attached hydrogens (tertiary/aromatic N) is 1. The number of hydrogen-bond acceptors (Lipinski definition) is 2. The number of nitrogens with one attached hydrogen (secondary N) is 2. The third-order valence-corrected chi connectivity index (χ3v) is 4.14. The number of rotatable bonds is 1. The van der Waals surface area contributed by atoms with Crippen molar-refractivity contribution in [2.75, 3.05) is 0 Å². The van der Waals surface area contributed by atoms with Crippen molar-refractivity contribution in [2.24, 2.45) is 0 Å². The van der Waals surface area contributed by atoms with E-state index in [0.29, 0.717) is 6.04 Å². The van der Waals surface area contributed by atoms with E-state index in [4.69, 9.17) is 0 Å². The number of pyridine rings is 1. The molecule has 2 unspecified atom stereocenters. The molecule has 0 aliphatic carbocycles. The molecule has 0 spiro atoms. The number of hydrogen-bond donors (Lipinski definition) is 2. The number of benzene rings is 1. The van der Waals surface area contributed by atoms with E-state index in [1.807, 2.05) is 12.4 Å². The van der Waals surface area contributed by atoms with Crippen molar-refractivity contribution in [3.63, 3.8) is 0 Å². The van der Waals surface area contributed by atoms with E-state index in [1.54, 1.807) is 0 Å². The fourth-order valence-corrected chi connectivity index (χ4v) is 3.24. The Balaban J connectivity index is 0.00000132. The summed E-state index contributed by atoms with van der Waals surface area (Å²) in [4.78, 5) is 7.72. The highest BCUT2D eigenvalue weighted by molar-refractivity contribution is 5.85. The van der Waals surface area contributed by atoms with Crippen LogP contribution in [0, 0.1) is 0 Å². The summed E-state index contributed by atoms with van der Waals surface area (Å²) in [6.45, 7) is 2.25. The SMILES string of the molecule is CC1Cc2c([nH]c3ccccc23)C(c2ccncc2)N1.Cl. The average Bonchev–Trinajstić information content (AvgIpc) is 2.86. The lowest BCUT2D eigenvalue weighted by atomic mass is 9.91. The van der Waals surface area contributed by atoms with Gasteiger partial charge in [0.05, 0.1) is 6.04 Å². The van der Waals surface area contributed by atoms with Gasteiger partial charge >= 0.3 is 0 Å². The van der Waals surface area contributed by atoms with Crippen LogP contribution in [0.4, 0.5) is 0 Å². The van der Waals surface area contributed by atoms with Gasteiger partial charge in [-0.2, -0.15) is 0 Å². The Morgan fingerprint density at radius 3 is 2.67 bits per heavy atom. The number of halogens is 1. The molecule has 0 radical (unpaired) electrons. The van der Waals surface area contributed by atoms with Crippen LogP contribution in [0.2, 0.25) is 0 Å². The first-order valence-corrected chi connectivity index (χ1v) is 7.08. The van der Waals surface area contributed by atoms with Crippen LogP contribution in [0.15, 0.2) is 48.8 Å². The molecule has 0 saturated heterocycles. The van der Waals surface area contributed by atoms with E-state index < -0.39 is 0 Å². The lowest BCUT2D eigenvalue weighted by Crippen LogP contribution is -2.37. The second-order valence-electron chi connectivity index (χ2n) is 5.55. The molecule has 2 N–H and O–H groups in total. The molecule has 4 rings (SSSR count). The first-order chi connectivity index (χ1) is 9.83. The molecule has 4 heteroatoms. The highest BCUT2D eigenvalue weighted by atomic mass is 35.5. The molecular weight excluding hydrogens is 282 g/mol. The van der Waals surface area contributed by atoms with Crippen molar-refractivity contribution in [3.8, 4) is 0 Å². The van der Waals surface area contributed by atoms with Gasteiger partial charge in [-0.05, 0) is 42.7 Å². The Morgan fingerprint density at radius 1 is 1.10 bits per heavy atom. The molecule has 3 heterocycles. The van der Waals surface area contributed by atoms with Gasteiger partial charge in [0.25, 0.3) is 0 Å². The summed E-state index contributed by atoms with van der Waals surface area (Å²) < 4.78 is 0. The standard InChI is InChI=1S/C17H17N3.ClH/c1-11-10-14-13-4-2-3-5-15(13)20-17(14)16(19-11)12-6-8-18-9-7-12;/h2-9,11,16,19-20H,10H2,1H3;1H. The van der Waals surface area contributed by atoms with Gasteiger partial charge in [0.2, 0.25) is 0 Å². The molecule has 0 amide bonds. The van der Waals surface area contributed by atoms with Crippen molar-refractivity contribution in [2.45, 2.75) is 25.4 Å². The van der Waals surface area contributed by atoms with E-state index >= 15 is 0 Å². The Hall–Kier alpha value is -1.84. The van der Waals surface area contributed by atoms with Gasteiger partial charge in [-0.25, -0.2) is 0 Å². The Kier molecular flexibility index (Phi) is 3.70. The summed E-state index contributed by atoms with van der Waals surface area (Å²) in [7, 11) is 0. The molecule has 3 nitrogen and oxygen atoms in total. The number of aromatic nitrogens is 2. The summed E-state index contributed by atoms with van der Waals surface area (Å²) >= 11 is 0. The largest absolute Gasteiger partial charge is 0.357 e. The molecule has 0 fully saturated rings. The maximum absolute atomic E-state index is 4.12. The zero-order valence-electron chi connectivity index (χ0n) is 11.8. The second-order valence-corrected chi connectivity index (χ2v) is 5.55. The maximum atomic E-state index is 4.12. The van der Waals surface area contributed by atoms with Gasteiger partial charge in [0.15, 0.2) is 0 Å². The molecule has 1 aromatic carbocycles. The lowest BCUT2D eigenvalue weighted by Gasteiger charge is -2.29. The van der Waals surface area contributed by atoms with Gasteiger partial charge in [-0.1, -0.05) is 18.2 Å². The molecule has 2 atom stereocenters. The smallest absolute Gasteiger partial charge is 0.0735 e. The molecule has 0 bridgehead atoms. The topological polar surface area (TPSA) is 40.7 Å². The van der Waals surface area contributed by atoms with E-state index in [0.717, 1.165) is 6.42 Å². The zero-order valence-corrected chi connectivity index (χ0v) is 12.7. The van der Waals surface area contributed by atoms with Crippen LogP contribution in [0.1, 0.15) is 29.8 Å². The Labute approximate surface area is 130 Å². The number of aromatic amines is 1. The highest BCUT2D eigenvalue weighted by Gasteiger charge is 2.28. The predicted octanol–water partition coefficient (Wildman–Crippen LogP) is 3.61.